The maximum Gasteiger partial charge on any atom is 0.243 e. The van der Waals surface area contributed by atoms with Crippen LogP contribution in [-0.4, -0.2) is 36.0 Å². The molecule has 6 nitrogen and oxygen atoms in total. The Morgan fingerprint density at radius 3 is 2.56 bits per heavy atom. The summed E-state index contributed by atoms with van der Waals surface area (Å²) < 4.78 is 32.8. The van der Waals surface area contributed by atoms with E-state index in [2.05, 4.69) is 10.1 Å². The van der Waals surface area contributed by atoms with Crippen LogP contribution in [0, 0.1) is 0 Å². The highest BCUT2D eigenvalue weighted by Gasteiger charge is 2.33. The molecule has 0 aliphatic carbocycles. The molecular formula is C19H18ClN3O3S. The first-order chi connectivity index (χ1) is 13.0. The predicted molar refractivity (Wildman–Crippen MR) is 102 cm³/mol. The van der Waals surface area contributed by atoms with Gasteiger partial charge in [0.25, 0.3) is 0 Å². The molecule has 3 aromatic rings. The fourth-order valence-electron chi connectivity index (χ4n) is 3.22. The Labute approximate surface area is 162 Å². The van der Waals surface area contributed by atoms with Gasteiger partial charge in [0.2, 0.25) is 21.7 Å². The lowest BCUT2D eigenvalue weighted by atomic mass is 10.00. The van der Waals surface area contributed by atoms with Crippen LogP contribution in [0.3, 0.4) is 0 Å². The van der Waals surface area contributed by atoms with Crippen LogP contribution in [0.25, 0.3) is 11.4 Å². The van der Waals surface area contributed by atoms with E-state index in [4.69, 9.17) is 16.1 Å². The molecule has 0 N–H and O–H groups in total. The van der Waals surface area contributed by atoms with Gasteiger partial charge in [-0.2, -0.15) is 9.29 Å². The largest absolute Gasteiger partial charge is 0.339 e. The summed E-state index contributed by atoms with van der Waals surface area (Å²) in [6.07, 6.45) is 1.55. The van der Waals surface area contributed by atoms with Crippen LogP contribution in [0.5, 0.6) is 0 Å². The smallest absolute Gasteiger partial charge is 0.243 e. The second kappa shape index (κ2) is 7.42. The topological polar surface area (TPSA) is 76.3 Å². The molecule has 1 fully saturated rings. The zero-order chi connectivity index (χ0) is 18.9. The third-order valence-corrected chi connectivity index (χ3v) is 6.79. The molecule has 0 amide bonds. The molecule has 0 bridgehead atoms. The molecule has 0 saturated carbocycles. The van der Waals surface area contributed by atoms with Crippen LogP contribution in [-0.2, 0) is 10.0 Å². The van der Waals surface area contributed by atoms with Crippen LogP contribution in [0.2, 0.25) is 5.02 Å². The van der Waals surface area contributed by atoms with Gasteiger partial charge in [-0.1, -0.05) is 47.1 Å². The van der Waals surface area contributed by atoms with Crippen molar-refractivity contribution < 1.29 is 12.9 Å². The second-order valence-electron chi connectivity index (χ2n) is 6.48. The standard InChI is InChI=1S/C19H18ClN3O3S/c20-16-8-10-17(11-9-16)27(24,25)23-12-4-7-15(13-23)19-21-18(22-26-19)14-5-2-1-3-6-14/h1-3,5-6,8-11,15H,4,7,12-13H2/t15-/m1/s1. The molecule has 2 aromatic carbocycles. The van der Waals surface area contributed by atoms with Crippen molar-refractivity contribution in [2.24, 2.45) is 0 Å². The Kier molecular flexibility index (Phi) is 4.99. The highest BCUT2D eigenvalue weighted by Crippen LogP contribution is 2.30. The summed E-state index contributed by atoms with van der Waals surface area (Å²) in [7, 11) is -3.58. The van der Waals surface area contributed by atoms with Crippen LogP contribution in [0.1, 0.15) is 24.7 Å². The molecule has 1 aliphatic heterocycles. The molecule has 1 saturated heterocycles. The van der Waals surface area contributed by atoms with E-state index >= 15 is 0 Å². The predicted octanol–water partition coefficient (Wildman–Crippen LogP) is 3.96. The van der Waals surface area contributed by atoms with Gasteiger partial charge < -0.3 is 4.52 Å². The van der Waals surface area contributed by atoms with E-state index in [1.165, 1.54) is 16.4 Å². The van der Waals surface area contributed by atoms with Crippen molar-refractivity contribution in [3.63, 3.8) is 0 Å². The molecule has 140 valence electrons. The molecule has 1 atom stereocenters. The summed E-state index contributed by atoms with van der Waals surface area (Å²) in [5.74, 6) is 0.874. The lowest BCUT2D eigenvalue weighted by Crippen LogP contribution is -2.39. The first-order valence-electron chi connectivity index (χ1n) is 8.69. The van der Waals surface area contributed by atoms with Gasteiger partial charge in [-0.25, -0.2) is 8.42 Å². The highest BCUT2D eigenvalue weighted by molar-refractivity contribution is 7.89. The average molecular weight is 404 g/mol. The number of nitrogens with zero attached hydrogens (tertiary/aromatic N) is 3. The van der Waals surface area contributed by atoms with E-state index in [-0.39, 0.29) is 10.8 Å². The lowest BCUT2D eigenvalue weighted by Gasteiger charge is -2.30. The monoisotopic (exact) mass is 403 g/mol. The molecule has 1 aliphatic rings. The Balaban J connectivity index is 1.55. The molecular weight excluding hydrogens is 386 g/mol. The second-order valence-corrected chi connectivity index (χ2v) is 8.85. The van der Waals surface area contributed by atoms with Gasteiger partial charge in [-0.15, -0.1) is 0 Å². The van der Waals surface area contributed by atoms with Crippen molar-refractivity contribution in [1.29, 1.82) is 0 Å². The van der Waals surface area contributed by atoms with Gasteiger partial charge in [0.15, 0.2) is 0 Å². The molecule has 4 rings (SSSR count). The molecule has 0 unspecified atom stereocenters. The summed E-state index contributed by atoms with van der Waals surface area (Å²) in [5, 5.41) is 4.55. The first kappa shape index (κ1) is 18.2. The zero-order valence-electron chi connectivity index (χ0n) is 14.5. The van der Waals surface area contributed by atoms with Crippen LogP contribution in [0.4, 0.5) is 0 Å². The summed E-state index contributed by atoms with van der Waals surface area (Å²) in [6, 6.07) is 15.8. The van der Waals surface area contributed by atoms with E-state index < -0.39 is 10.0 Å². The Morgan fingerprint density at radius 2 is 1.81 bits per heavy atom. The van der Waals surface area contributed by atoms with Crippen LogP contribution >= 0.6 is 11.6 Å². The Morgan fingerprint density at radius 1 is 1.07 bits per heavy atom. The average Bonchev–Trinajstić information content (AvgIpc) is 3.19. The molecule has 1 aromatic heterocycles. The molecule has 2 heterocycles. The first-order valence-corrected chi connectivity index (χ1v) is 10.5. The summed E-state index contributed by atoms with van der Waals surface area (Å²) in [4.78, 5) is 4.73. The van der Waals surface area contributed by atoms with Crippen LogP contribution in [0.15, 0.2) is 64.0 Å². The molecule has 8 heteroatoms. The highest BCUT2D eigenvalue weighted by atomic mass is 35.5. The van der Waals surface area contributed by atoms with Crippen molar-refractivity contribution >= 4 is 21.6 Å². The molecule has 27 heavy (non-hydrogen) atoms. The van der Waals surface area contributed by atoms with Crippen molar-refractivity contribution in [1.82, 2.24) is 14.4 Å². The Bertz CT molecular complexity index is 1020. The number of halogens is 1. The Hall–Kier alpha value is -2.22. The van der Waals surface area contributed by atoms with Crippen molar-refractivity contribution in [3.05, 3.63) is 65.5 Å². The number of sulfonamides is 1. The van der Waals surface area contributed by atoms with E-state index in [1.54, 1.807) is 12.1 Å². The number of aromatic nitrogens is 2. The van der Waals surface area contributed by atoms with Crippen molar-refractivity contribution in [3.8, 4) is 11.4 Å². The van der Waals surface area contributed by atoms with Crippen molar-refractivity contribution in [2.75, 3.05) is 13.1 Å². The van der Waals surface area contributed by atoms with Gasteiger partial charge in [0.05, 0.1) is 10.8 Å². The van der Waals surface area contributed by atoms with E-state index in [0.717, 1.165) is 18.4 Å². The van der Waals surface area contributed by atoms with Crippen molar-refractivity contribution in [2.45, 2.75) is 23.7 Å². The van der Waals surface area contributed by atoms with Gasteiger partial charge in [0, 0.05) is 23.7 Å². The SMILES string of the molecule is O=S(=O)(c1ccc(Cl)cc1)N1CCC[C@@H](c2nc(-c3ccccc3)no2)C1. The normalized spacial score (nSPS) is 18.5. The number of rotatable bonds is 4. The maximum absolute atomic E-state index is 12.9. The molecule has 0 radical (unpaired) electrons. The van der Waals surface area contributed by atoms with Gasteiger partial charge in [-0.05, 0) is 37.1 Å². The third kappa shape index (κ3) is 3.76. The summed E-state index contributed by atoms with van der Waals surface area (Å²) in [6.45, 7) is 0.794. The molecule has 0 spiro atoms. The minimum Gasteiger partial charge on any atom is -0.339 e. The minimum atomic E-state index is -3.58. The number of hydrogen-bond donors (Lipinski definition) is 0. The van der Waals surface area contributed by atoms with E-state index in [9.17, 15) is 8.42 Å². The van der Waals surface area contributed by atoms with Gasteiger partial charge in [-0.3, -0.25) is 0 Å². The van der Waals surface area contributed by atoms with E-state index in [1.807, 2.05) is 30.3 Å². The summed E-state index contributed by atoms with van der Waals surface area (Å²) >= 11 is 5.87. The zero-order valence-corrected chi connectivity index (χ0v) is 16.0. The maximum atomic E-state index is 12.9. The minimum absolute atomic E-state index is 0.120. The fraction of sp³-hybridized carbons (Fsp3) is 0.263. The number of benzene rings is 2. The quantitative estimate of drug-likeness (QED) is 0.659. The lowest BCUT2D eigenvalue weighted by molar-refractivity contribution is 0.265. The summed E-state index contributed by atoms with van der Waals surface area (Å²) in [5.41, 5.74) is 0.869. The fourth-order valence-corrected chi connectivity index (χ4v) is 4.87. The number of piperidine rings is 1. The van der Waals surface area contributed by atoms with E-state index in [0.29, 0.717) is 29.8 Å². The number of hydrogen-bond acceptors (Lipinski definition) is 5. The third-order valence-electron chi connectivity index (χ3n) is 4.66. The van der Waals surface area contributed by atoms with Gasteiger partial charge in [0.1, 0.15) is 0 Å². The van der Waals surface area contributed by atoms with Gasteiger partial charge >= 0.3 is 0 Å². The van der Waals surface area contributed by atoms with Crippen LogP contribution < -0.4 is 0 Å².